The molecule has 5 nitrogen and oxygen atoms in total. The van der Waals surface area contributed by atoms with Crippen molar-refractivity contribution in [2.24, 2.45) is 0 Å². The molecule has 0 fully saturated rings. The van der Waals surface area contributed by atoms with Crippen LogP contribution in [0.4, 0.5) is 5.69 Å². The number of nitrogens with zero attached hydrogens (tertiary/aromatic N) is 1. The van der Waals surface area contributed by atoms with Gasteiger partial charge in [-0.3, -0.25) is 10.1 Å². The van der Waals surface area contributed by atoms with E-state index in [-0.39, 0.29) is 46.5 Å². The number of thiol groups is 1. The largest absolute Gasteiger partial charge is 1.00 e. The molecule has 1 rings (SSSR count). The van der Waals surface area contributed by atoms with E-state index in [0.717, 1.165) is 6.07 Å². The maximum absolute atomic E-state index is 10.6. The number of hydrogen-bond donors (Lipinski definition) is 2. The van der Waals surface area contributed by atoms with Gasteiger partial charge in [0, 0.05) is 6.07 Å². The molecule has 1 N–H and O–H groups in total. The normalized spacial score (nSPS) is 11.6. The monoisotopic (exact) mass is 243 g/mol. The topological polar surface area (TPSA) is 80.4 Å². The summed E-state index contributed by atoms with van der Waals surface area (Å²) in [6.07, 6.45) is 0. The molecule has 72 valence electrons. The molecule has 1 atom stereocenters. The molecule has 0 amide bonds. The number of nitro benzene ring substituents is 1. The summed E-state index contributed by atoms with van der Waals surface area (Å²) in [5, 5.41) is 10.4. The molecule has 1 unspecified atom stereocenters. The summed E-state index contributed by atoms with van der Waals surface area (Å²) >= 11 is 1.63. The standard InChI is InChI=1S/C6H5NO4S2.Na.H/c8-7(9)5-3-4(13(10)11)1-2-6(5)12;;/h1-3,12H,(H,10,11);;/q;+1;-1. The molecule has 0 aliphatic carbocycles. The summed E-state index contributed by atoms with van der Waals surface area (Å²) in [5.74, 6) is 0. The van der Waals surface area contributed by atoms with Gasteiger partial charge >= 0.3 is 29.6 Å². The first-order valence-corrected chi connectivity index (χ1v) is 4.66. The van der Waals surface area contributed by atoms with E-state index in [9.17, 15) is 14.3 Å². The van der Waals surface area contributed by atoms with Gasteiger partial charge in [0.2, 0.25) is 0 Å². The van der Waals surface area contributed by atoms with Crippen LogP contribution in [-0.2, 0) is 11.1 Å². The van der Waals surface area contributed by atoms with Gasteiger partial charge in [0.1, 0.15) is 0 Å². The summed E-state index contributed by atoms with van der Waals surface area (Å²) in [5.41, 5.74) is -0.275. The smallest absolute Gasteiger partial charge is 1.00 e. The molecular formula is C6H6NNaO4S2. The maximum Gasteiger partial charge on any atom is 1.00 e. The second-order valence-electron chi connectivity index (χ2n) is 2.16. The quantitative estimate of drug-likeness (QED) is 0.220. The Hall–Kier alpha value is 0.0800. The predicted octanol–water partition coefficient (Wildman–Crippen LogP) is -1.42. The van der Waals surface area contributed by atoms with Gasteiger partial charge in [-0.25, -0.2) is 4.21 Å². The van der Waals surface area contributed by atoms with Crippen molar-refractivity contribution in [3.8, 4) is 0 Å². The van der Waals surface area contributed by atoms with Crippen LogP contribution in [0, 0.1) is 10.1 Å². The van der Waals surface area contributed by atoms with Crippen molar-refractivity contribution in [2.75, 3.05) is 0 Å². The molecule has 1 aromatic rings. The van der Waals surface area contributed by atoms with Crippen molar-refractivity contribution < 1.29 is 44.7 Å². The van der Waals surface area contributed by atoms with Crippen molar-refractivity contribution >= 4 is 29.4 Å². The average Bonchev–Trinajstić information content (AvgIpc) is 2.04. The molecule has 1 aromatic carbocycles. The second kappa shape index (κ2) is 5.84. The van der Waals surface area contributed by atoms with Crippen LogP contribution in [0.25, 0.3) is 0 Å². The molecule has 0 radical (unpaired) electrons. The van der Waals surface area contributed by atoms with Crippen LogP contribution < -0.4 is 29.6 Å². The van der Waals surface area contributed by atoms with Gasteiger partial charge in [-0.05, 0) is 12.1 Å². The van der Waals surface area contributed by atoms with E-state index in [1.165, 1.54) is 12.1 Å². The Morgan fingerprint density at radius 2 is 2.14 bits per heavy atom. The van der Waals surface area contributed by atoms with Crippen molar-refractivity contribution in [1.29, 1.82) is 0 Å². The fraction of sp³-hybridized carbons (Fsp3) is 0. The molecule has 0 aliphatic rings. The fourth-order valence-corrected chi connectivity index (χ4v) is 1.38. The summed E-state index contributed by atoms with van der Waals surface area (Å²) in [4.78, 5) is 9.87. The molecule has 0 aliphatic heterocycles. The summed E-state index contributed by atoms with van der Waals surface area (Å²) in [7, 11) is 0. The Kier molecular flexibility index (Phi) is 5.87. The van der Waals surface area contributed by atoms with E-state index in [1.54, 1.807) is 0 Å². The molecule has 8 heteroatoms. The minimum atomic E-state index is -2.20. The van der Waals surface area contributed by atoms with E-state index in [4.69, 9.17) is 4.55 Å². The van der Waals surface area contributed by atoms with Crippen LogP contribution in [0.3, 0.4) is 0 Å². The van der Waals surface area contributed by atoms with Gasteiger partial charge < -0.3 is 5.98 Å². The van der Waals surface area contributed by atoms with E-state index in [1.807, 2.05) is 0 Å². The van der Waals surface area contributed by atoms with Crippen LogP contribution in [-0.4, -0.2) is 13.7 Å². The van der Waals surface area contributed by atoms with Crippen molar-refractivity contribution in [3.05, 3.63) is 28.3 Å². The second-order valence-corrected chi connectivity index (χ2v) is 3.61. The van der Waals surface area contributed by atoms with Gasteiger partial charge in [0.05, 0.1) is 14.7 Å². The molecule has 14 heavy (non-hydrogen) atoms. The third kappa shape index (κ3) is 3.34. The minimum absolute atomic E-state index is 0. The minimum Gasteiger partial charge on any atom is -1.00 e. The van der Waals surface area contributed by atoms with Gasteiger partial charge in [0.15, 0.2) is 11.1 Å². The molecule has 0 saturated heterocycles. The molecular weight excluding hydrogens is 237 g/mol. The van der Waals surface area contributed by atoms with Gasteiger partial charge in [0.25, 0.3) is 5.69 Å². The average molecular weight is 243 g/mol. The molecule has 0 heterocycles. The number of benzene rings is 1. The fourth-order valence-electron chi connectivity index (χ4n) is 0.758. The third-order valence-corrected chi connectivity index (χ3v) is 2.38. The number of rotatable bonds is 2. The third-order valence-electron chi connectivity index (χ3n) is 1.35. The van der Waals surface area contributed by atoms with Crippen LogP contribution in [0.2, 0.25) is 0 Å². The summed E-state index contributed by atoms with van der Waals surface area (Å²) in [6, 6.07) is 3.65. The Morgan fingerprint density at radius 3 is 2.57 bits per heavy atom. The zero-order valence-electron chi connectivity index (χ0n) is 8.21. The van der Waals surface area contributed by atoms with Gasteiger partial charge in [-0.15, -0.1) is 12.6 Å². The SMILES string of the molecule is O=[N+]([O-])c1cc(S(=O)O)ccc1S.[H-].[Na+]. The Balaban J connectivity index is 0. The van der Waals surface area contributed by atoms with Crippen LogP contribution in [0.5, 0.6) is 0 Å². The maximum atomic E-state index is 10.6. The molecule has 0 saturated carbocycles. The molecule has 0 aromatic heterocycles. The predicted molar refractivity (Wildman–Crippen MR) is 50.5 cm³/mol. The first-order chi connectivity index (χ1) is 6.02. The van der Waals surface area contributed by atoms with Crippen molar-refractivity contribution in [3.63, 3.8) is 0 Å². The van der Waals surface area contributed by atoms with Crippen LogP contribution >= 0.6 is 12.6 Å². The van der Waals surface area contributed by atoms with Crippen molar-refractivity contribution in [1.82, 2.24) is 0 Å². The number of nitro groups is 1. The van der Waals surface area contributed by atoms with Crippen LogP contribution in [0.1, 0.15) is 1.43 Å². The van der Waals surface area contributed by atoms with E-state index in [2.05, 4.69) is 12.6 Å². The van der Waals surface area contributed by atoms with E-state index >= 15 is 0 Å². The molecule has 0 spiro atoms. The first-order valence-electron chi connectivity index (χ1n) is 3.10. The zero-order valence-corrected chi connectivity index (χ0v) is 10.9. The van der Waals surface area contributed by atoms with E-state index < -0.39 is 16.0 Å². The Morgan fingerprint density at radius 1 is 1.57 bits per heavy atom. The zero-order chi connectivity index (χ0) is 10.0. The Labute approximate surface area is 112 Å². The van der Waals surface area contributed by atoms with Crippen molar-refractivity contribution in [2.45, 2.75) is 9.79 Å². The number of hydrogen-bond acceptors (Lipinski definition) is 4. The van der Waals surface area contributed by atoms with Gasteiger partial charge in [-0.1, -0.05) is 0 Å². The van der Waals surface area contributed by atoms with E-state index in [0.29, 0.717) is 0 Å². The first kappa shape index (κ1) is 14.1. The summed E-state index contributed by atoms with van der Waals surface area (Å²) < 4.78 is 19.2. The summed E-state index contributed by atoms with van der Waals surface area (Å²) in [6.45, 7) is 0. The van der Waals surface area contributed by atoms with Gasteiger partial charge in [-0.2, -0.15) is 0 Å². The van der Waals surface area contributed by atoms with Crippen LogP contribution in [0.15, 0.2) is 28.0 Å². The Bertz CT molecular complexity index is 389. The molecule has 0 bridgehead atoms.